The van der Waals surface area contributed by atoms with Crippen LogP contribution in [0.25, 0.3) is 0 Å². The van der Waals surface area contributed by atoms with Gasteiger partial charge in [0.2, 0.25) is 5.78 Å². The molecule has 3 nitrogen and oxygen atoms in total. The molecule has 0 fully saturated rings. The first-order valence-electron chi connectivity index (χ1n) is 6.81. The molecule has 0 aliphatic heterocycles. The summed E-state index contributed by atoms with van der Waals surface area (Å²) in [6.45, 7) is 13.1. The zero-order valence-electron chi connectivity index (χ0n) is 13.2. The van der Waals surface area contributed by atoms with Crippen LogP contribution >= 0.6 is 0 Å². The minimum Gasteiger partial charge on any atom is -0.469 e. The molecule has 0 aromatic heterocycles. The molecule has 0 saturated heterocycles. The van der Waals surface area contributed by atoms with Gasteiger partial charge in [-0.1, -0.05) is 41.5 Å². The lowest BCUT2D eigenvalue weighted by Gasteiger charge is -2.37. The van der Waals surface area contributed by atoms with Crippen molar-refractivity contribution in [2.75, 3.05) is 7.11 Å². The summed E-state index contributed by atoms with van der Waals surface area (Å²) in [5.41, 5.74) is 4.73. The van der Waals surface area contributed by atoms with Crippen LogP contribution in [0.2, 0.25) is 16.6 Å². The normalized spacial score (nSPS) is 11.5. The number of methoxy groups -OCH3 is 1. The van der Waals surface area contributed by atoms with Gasteiger partial charge in [0, 0.05) is 0 Å². The van der Waals surface area contributed by atoms with E-state index in [0.717, 1.165) is 0 Å². The predicted octanol–water partition coefficient (Wildman–Crippen LogP) is 3.34. The number of carbonyl (C=O) groups excluding carboxylic acids is 2. The molecular weight excluding hydrogens is 256 g/mol. The molecule has 4 heteroatoms. The van der Waals surface area contributed by atoms with Crippen LogP contribution in [-0.4, -0.2) is 26.9 Å². The first-order chi connectivity index (χ1) is 8.68. The van der Waals surface area contributed by atoms with Crippen molar-refractivity contribution in [3.05, 3.63) is 0 Å². The molecule has 0 bridgehead atoms. The molecule has 0 radical (unpaired) electrons. The van der Waals surface area contributed by atoms with Crippen molar-refractivity contribution in [1.82, 2.24) is 0 Å². The van der Waals surface area contributed by atoms with Crippen LogP contribution in [0, 0.1) is 11.5 Å². The molecule has 0 saturated carbocycles. The topological polar surface area (TPSA) is 43.4 Å². The second-order valence-electron chi connectivity index (χ2n) is 5.82. The van der Waals surface area contributed by atoms with E-state index in [-0.39, 0.29) is 12.2 Å². The van der Waals surface area contributed by atoms with Gasteiger partial charge in [0.1, 0.15) is 14.5 Å². The van der Waals surface area contributed by atoms with Crippen molar-refractivity contribution < 1.29 is 14.3 Å². The third-order valence-corrected chi connectivity index (χ3v) is 10.1. The maximum Gasteiger partial charge on any atom is 0.314 e. The van der Waals surface area contributed by atoms with Crippen LogP contribution in [0.3, 0.4) is 0 Å². The van der Waals surface area contributed by atoms with E-state index in [0.29, 0.717) is 16.6 Å². The Balaban J connectivity index is 5.25. The van der Waals surface area contributed by atoms with Crippen LogP contribution in [-0.2, 0) is 14.3 Å². The Bertz CT molecular complexity index is 364. The average molecular weight is 282 g/mol. The van der Waals surface area contributed by atoms with Crippen LogP contribution in [0.15, 0.2) is 0 Å². The summed E-state index contributed by atoms with van der Waals surface area (Å²) in [6.07, 6.45) is -0.248. The van der Waals surface area contributed by atoms with E-state index in [1.807, 2.05) is 0 Å². The van der Waals surface area contributed by atoms with Crippen molar-refractivity contribution in [2.45, 2.75) is 64.6 Å². The lowest BCUT2D eigenvalue weighted by molar-refractivity contribution is -0.142. The summed E-state index contributed by atoms with van der Waals surface area (Å²) < 4.78 is 4.48. The molecule has 0 aromatic rings. The molecule has 0 N–H and O–H groups in total. The Kier molecular flexibility index (Phi) is 7.07. The lowest BCUT2D eigenvalue weighted by Crippen LogP contribution is -2.43. The van der Waals surface area contributed by atoms with Crippen molar-refractivity contribution >= 4 is 19.8 Å². The molecule has 0 spiro atoms. The Morgan fingerprint density at radius 2 is 1.42 bits per heavy atom. The van der Waals surface area contributed by atoms with Gasteiger partial charge in [-0.25, -0.2) is 0 Å². The molecule has 0 aliphatic carbocycles. The summed E-state index contributed by atoms with van der Waals surface area (Å²) >= 11 is 0. The van der Waals surface area contributed by atoms with E-state index < -0.39 is 14.0 Å². The molecular formula is C15H26O3Si. The van der Waals surface area contributed by atoms with Crippen LogP contribution in [0.1, 0.15) is 48.0 Å². The summed E-state index contributed by atoms with van der Waals surface area (Å²) in [6, 6.07) is 0. The van der Waals surface area contributed by atoms with Gasteiger partial charge in [0.15, 0.2) is 0 Å². The zero-order valence-corrected chi connectivity index (χ0v) is 14.2. The third-order valence-electron chi connectivity index (χ3n) is 3.82. The SMILES string of the molecule is COC(=O)CC(=O)C#C[Si](C(C)C)(C(C)C)C(C)C. The first kappa shape index (κ1) is 17.9. The van der Waals surface area contributed by atoms with E-state index in [9.17, 15) is 9.59 Å². The largest absolute Gasteiger partial charge is 0.469 e. The van der Waals surface area contributed by atoms with Gasteiger partial charge >= 0.3 is 5.97 Å². The molecule has 0 heterocycles. The minimum atomic E-state index is -1.89. The fourth-order valence-corrected chi connectivity index (χ4v) is 8.08. The van der Waals surface area contributed by atoms with E-state index >= 15 is 0 Å². The Hall–Kier alpha value is -1.08. The van der Waals surface area contributed by atoms with Crippen LogP contribution in [0.5, 0.6) is 0 Å². The lowest BCUT2D eigenvalue weighted by atomic mass is 10.3. The molecule has 108 valence electrons. The first-order valence-corrected chi connectivity index (χ1v) is 9.04. The van der Waals surface area contributed by atoms with Crippen LogP contribution in [0.4, 0.5) is 0 Å². The number of hydrogen-bond donors (Lipinski definition) is 0. The number of carbonyl (C=O) groups is 2. The number of ether oxygens (including phenoxy) is 1. The van der Waals surface area contributed by atoms with E-state index in [1.54, 1.807) is 0 Å². The highest BCUT2D eigenvalue weighted by molar-refractivity contribution is 6.90. The van der Waals surface area contributed by atoms with Gasteiger partial charge in [-0.3, -0.25) is 9.59 Å². The zero-order chi connectivity index (χ0) is 15.2. The van der Waals surface area contributed by atoms with Crippen molar-refractivity contribution in [3.8, 4) is 11.5 Å². The Morgan fingerprint density at radius 1 is 1.00 bits per heavy atom. The summed E-state index contributed by atoms with van der Waals surface area (Å²) in [4.78, 5) is 22.7. The number of Topliss-reactive ketones (excluding diaryl/α,β-unsaturated/α-hetero) is 1. The maximum atomic E-state index is 11.7. The smallest absolute Gasteiger partial charge is 0.314 e. The highest BCUT2D eigenvalue weighted by Crippen LogP contribution is 2.40. The van der Waals surface area contributed by atoms with Gasteiger partial charge in [-0.15, -0.1) is 5.54 Å². The van der Waals surface area contributed by atoms with Gasteiger partial charge in [-0.05, 0) is 22.5 Å². The summed E-state index contributed by atoms with van der Waals surface area (Å²) in [5, 5.41) is 0. The number of rotatable bonds is 5. The fourth-order valence-electron chi connectivity index (χ4n) is 2.86. The Morgan fingerprint density at radius 3 is 1.74 bits per heavy atom. The highest BCUT2D eigenvalue weighted by Gasteiger charge is 2.41. The van der Waals surface area contributed by atoms with E-state index in [2.05, 4.69) is 57.7 Å². The standard InChI is InChI=1S/C15H26O3Si/c1-11(2)19(12(3)4,13(5)6)9-8-14(16)10-15(17)18-7/h11-13H,10H2,1-7H3. The third kappa shape index (κ3) is 4.50. The van der Waals surface area contributed by atoms with Crippen LogP contribution < -0.4 is 0 Å². The average Bonchev–Trinajstić information content (AvgIpc) is 2.27. The fraction of sp³-hybridized carbons (Fsp3) is 0.733. The molecule has 0 aliphatic rings. The van der Waals surface area contributed by atoms with Gasteiger partial charge < -0.3 is 4.74 Å². The highest BCUT2D eigenvalue weighted by atomic mass is 28.3. The number of esters is 1. The van der Waals surface area contributed by atoms with E-state index in [4.69, 9.17) is 0 Å². The monoisotopic (exact) mass is 282 g/mol. The van der Waals surface area contributed by atoms with Crippen molar-refractivity contribution in [3.63, 3.8) is 0 Å². The summed E-state index contributed by atoms with van der Waals surface area (Å²) in [7, 11) is -0.609. The van der Waals surface area contributed by atoms with E-state index in [1.165, 1.54) is 7.11 Å². The second-order valence-corrected chi connectivity index (χ2v) is 11.4. The summed E-state index contributed by atoms with van der Waals surface area (Å²) in [5.74, 6) is 1.84. The number of hydrogen-bond acceptors (Lipinski definition) is 3. The second kappa shape index (κ2) is 7.49. The van der Waals surface area contributed by atoms with Gasteiger partial charge in [-0.2, -0.15) is 0 Å². The molecule has 0 rings (SSSR count). The molecule has 0 unspecified atom stereocenters. The van der Waals surface area contributed by atoms with Gasteiger partial charge in [0.25, 0.3) is 0 Å². The Labute approximate surface area is 118 Å². The number of ketones is 1. The van der Waals surface area contributed by atoms with Crippen molar-refractivity contribution in [1.29, 1.82) is 0 Å². The molecule has 0 amide bonds. The molecule has 0 aromatic carbocycles. The maximum absolute atomic E-state index is 11.7. The van der Waals surface area contributed by atoms with Crippen molar-refractivity contribution in [2.24, 2.45) is 0 Å². The van der Waals surface area contributed by atoms with Gasteiger partial charge in [0.05, 0.1) is 7.11 Å². The quantitative estimate of drug-likeness (QED) is 0.336. The predicted molar refractivity (Wildman–Crippen MR) is 80.5 cm³/mol. The molecule has 19 heavy (non-hydrogen) atoms. The molecule has 0 atom stereocenters. The minimum absolute atomic E-state index is 0.248.